The maximum absolute atomic E-state index is 12.8. The highest BCUT2D eigenvalue weighted by Gasteiger charge is 2.39. The molecule has 3 heteroatoms. The van der Waals surface area contributed by atoms with Gasteiger partial charge in [0.1, 0.15) is 6.17 Å². The van der Waals surface area contributed by atoms with Crippen molar-refractivity contribution >= 4 is 5.91 Å². The zero-order chi connectivity index (χ0) is 17.6. The predicted molar refractivity (Wildman–Crippen MR) is 103 cm³/mol. The molecule has 2 aliphatic rings. The lowest BCUT2D eigenvalue weighted by Gasteiger charge is -2.31. The third kappa shape index (κ3) is 4.33. The fourth-order valence-electron chi connectivity index (χ4n) is 4.08. The number of hydrogen-bond donors (Lipinski definition) is 1. The standard InChI is InChI=1S/C22H32N2O/c1-3-4-16-24-21(19-12-8-9-13-20(19)22(24)25)23-17(2)14-15-18-10-6-5-7-11-18/h5-7,10-11,17,21,23H,3-4,8-9,12-16H2,1-2H3/t17-,21+/m0/s1. The Bertz CT molecular complexity index is 608. The minimum absolute atomic E-state index is 0.139. The van der Waals surface area contributed by atoms with E-state index in [-0.39, 0.29) is 6.17 Å². The first-order valence-corrected chi connectivity index (χ1v) is 10.0. The number of amides is 1. The topological polar surface area (TPSA) is 32.3 Å². The van der Waals surface area contributed by atoms with Gasteiger partial charge in [-0.05, 0) is 63.0 Å². The zero-order valence-electron chi connectivity index (χ0n) is 15.8. The molecule has 1 amide bonds. The van der Waals surface area contributed by atoms with Crippen molar-refractivity contribution in [3.8, 4) is 0 Å². The first-order chi connectivity index (χ1) is 12.2. The number of nitrogens with zero attached hydrogens (tertiary/aromatic N) is 1. The smallest absolute Gasteiger partial charge is 0.251 e. The van der Waals surface area contributed by atoms with Crippen molar-refractivity contribution in [3.63, 3.8) is 0 Å². The molecule has 1 N–H and O–H groups in total. The van der Waals surface area contributed by atoms with Crippen LogP contribution >= 0.6 is 0 Å². The van der Waals surface area contributed by atoms with E-state index >= 15 is 0 Å². The summed E-state index contributed by atoms with van der Waals surface area (Å²) in [6, 6.07) is 11.1. The minimum atomic E-state index is 0.139. The van der Waals surface area contributed by atoms with Gasteiger partial charge in [0.15, 0.2) is 0 Å². The number of hydrogen-bond acceptors (Lipinski definition) is 2. The van der Waals surface area contributed by atoms with Crippen molar-refractivity contribution in [2.45, 2.75) is 77.4 Å². The van der Waals surface area contributed by atoms with Crippen LogP contribution in [0.2, 0.25) is 0 Å². The van der Waals surface area contributed by atoms with Gasteiger partial charge in [-0.3, -0.25) is 10.1 Å². The molecule has 0 aromatic heterocycles. The third-order valence-electron chi connectivity index (χ3n) is 5.58. The summed E-state index contributed by atoms with van der Waals surface area (Å²) in [6.07, 6.45) is 9.00. The maximum atomic E-state index is 12.8. The molecule has 0 radical (unpaired) electrons. The quantitative estimate of drug-likeness (QED) is 0.759. The number of carbonyl (C=O) groups is 1. The summed E-state index contributed by atoms with van der Waals surface area (Å²) in [4.78, 5) is 15.0. The van der Waals surface area contributed by atoms with Crippen molar-refractivity contribution in [2.24, 2.45) is 0 Å². The summed E-state index contributed by atoms with van der Waals surface area (Å²) in [5, 5.41) is 3.78. The van der Waals surface area contributed by atoms with Crippen LogP contribution in [0.25, 0.3) is 0 Å². The number of carbonyl (C=O) groups excluding carboxylic acids is 1. The van der Waals surface area contributed by atoms with Crippen LogP contribution in [0, 0.1) is 0 Å². The van der Waals surface area contributed by atoms with Gasteiger partial charge in [-0.2, -0.15) is 0 Å². The van der Waals surface area contributed by atoms with Crippen LogP contribution in [-0.4, -0.2) is 29.6 Å². The van der Waals surface area contributed by atoms with E-state index in [1.54, 1.807) is 0 Å². The molecule has 0 saturated carbocycles. The minimum Gasteiger partial charge on any atom is -0.319 e. The van der Waals surface area contributed by atoms with E-state index in [2.05, 4.69) is 54.4 Å². The van der Waals surface area contributed by atoms with Gasteiger partial charge in [-0.25, -0.2) is 0 Å². The van der Waals surface area contributed by atoms with Gasteiger partial charge in [0.2, 0.25) is 0 Å². The molecule has 25 heavy (non-hydrogen) atoms. The molecule has 3 rings (SSSR count). The van der Waals surface area contributed by atoms with Crippen molar-refractivity contribution in [1.29, 1.82) is 0 Å². The summed E-state index contributed by atoms with van der Waals surface area (Å²) < 4.78 is 0. The van der Waals surface area contributed by atoms with Crippen LogP contribution in [-0.2, 0) is 11.2 Å². The second-order valence-corrected chi connectivity index (χ2v) is 7.56. The van der Waals surface area contributed by atoms with Crippen LogP contribution < -0.4 is 5.32 Å². The molecule has 3 nitrogen and oxygen atoms in total. The van der Waals surface area contributed by atoms with E-state index < -0.39 is 0 Å². The number of nitrogens with one attached hydrogen (secondary N) is 1. The van der Waals surface area contributed by atoms with Crippen LogP contribution in [0.3, 0.4) is 0 Å². The average Bonchev–Trinajstić information content (AvgIpc) is 2.91. The van der Waals surface area contributed by atoms with Crippen molar-refractivity contribution in [2.75, 3.05) is 6.54 Å². The van der Waals surface area contributed by atoms with Crippen LogP contribution in [0.4, 0.5) is 0 Å². The molecule has 0 spiro atoms. The van der Waals surface area contributed by atoms with E-state index in [9.17, 15) is 4.79 Å². The Morgan fingerprint density at radius 3 is 2.72 bits per heavy atom. The molecule has 136 valence electrons. The summed E-state index contributed by atoms with van der Waals surface area (Å²) in [7, 11) is 0. The van der Waals surface area contributed by atoms with Gasteiger partial charge in [-0.15, -0.1) is 0 Å². The molecule has 1 aromatic rings. The maximum Gasteiger partial charge on any atom is 0.251 e. The fraction of sp³-hybridized carbons (Fsp3) is 0.591. The lowest BCUT2D eigenvalue weighted by Crippen LogP contribution is -2.49. The average molecular weight is 341 g/mol. The van der Waals surface area contributed by atoms with Gasteiger partial charge in [-0.1, -0.05) is 43.7 Å². The highest BCUT2D eigenvalue weighted by atomic mass is 16.2. The van der Waals surface area contributed by atoms with Gasteiger partial charge >= 0.3 is 0 Å². The highest BCUT2D eigenvalue weighted by Crippen LogP contribution is 2.35. The van der Waals surface area contributed by atoms with Crippen LogP contribution in [0.5, 0.6) is 0 Å². The SMILES string of the molecule is CCCCN1C(=O)C2=C(CCCC2)[C@@H]1N[C@@H](C)CCc1ccccc1. The summed E-state index contributed by atoms with van der Waals surface area (Å²) in [5.74, 6) is 0.302. The second-order valence-electron chi connectivity index (χ2n) is 7.56. The van der Waals surface area contributed by atoms with Gasteiger partial charge in [0, 0.05) is 18.2 Å². The molecule has 1 aliphatic heterocycles. The van der Waals surface area contributed by atoms with Crippen LogP contribution in [0.1, 0.15) is 64.4 Å². The fourth-order valence-corrected chi connectivity index (χ4v) is 4.08. The molecule has 1 aliphatic carbocycles. The Balaban J connectivity index is 1.64. The largest absolute Gasteiger partial charge is 0.319 e. The Kier molecular flexibility index (Phi) is 6.30. The normalized spacial score (nSPS) is 21.6. The molecule has 0 bridgehead atoms. The van der Waals surface area contributed by atoms with Crippen LogP contribution in [0.15, 0.2) is 41.5 Å². The van der Waals surface area contributed by atoms with E-state index in [1.807, 2.05) is 0 Å². The molecule has 1 aromatic carbocycles. The lowest BCUT2D eigenvalue weighted by molar-refractivity contribution is -0.127. The zero-order valence-corrected chi connectivity index (χ0v) is 15.8. The Morgan fingerprint density at radius 1 is 1.20 bits per heavy atom. The van der Waals surface area contributed by atoms with Crippen molar-refractivity contribution < 1.29 is 4.79 Å². The first-order valence-electron chi connectivity index (χ1n) is 10.0. The van der Waals surface area contributed by atoms with E-state index in [1.165, 1.54) is 24.0 Å². The molecular weight excluding hydrogens is 308 g/mol. The molecule has 0 unspecified atom stereocenters. The molecule has 1 heterocycles. The van der Waals surface area contributed by atoms with Gasteiger partial charge in [0.05, 0.1) is 0 Å². The number of unbranched alkanes of at least 4 members (excludes halogenated alkanes) is 1. The highest BCUT2D eigenvalue weighted by molar-refractivity contribution is 5.97. The summed E-state index contributed by atoms with van der Waals surface area (Å²) in [5.41, 5.74) is 3.90. The van der Waals surface area contributed by atoms with Crippen molar-refractivity contribution in [1.82, 2.24) is 10.2 Å². The first kappa shape index (κ1) is 18.2. The number of rotatable bonds is 8. The van der Waals surface area contributed by atoms with E-state index in [0.29, 0.717) is 11.9 Å². The van der Waals surface area contributed by atoms with E-state index in [0.717, 1.165) is 50.6 Å². The second kappa shape index (κ2) is 8.66. The monoisotopic (exact) mass is 340 g/mol. The number of benzene rings is 1. The lowest BCUT2D eigenvalue weighted by atomic mass is 9.92. The predicted octanol–water partition coefficient (Wildman–Crippen LogP) is 4.44. The molecule has 2 atom stereocenters. The van der Waals surface area contributed by atoms with Gasteiger partial charge in [0.25, 0.3) is 5.91 Å². The Hall–Kier alpha value is -1.61. The van der Waals surface area contributed by atoms with Crippen molar-refractivity contribution in [3.05, 3.63) is 47.0 Å². The Morgan fingerprint density at radius 2 is 1.96 bits per heavy atom. The summed E-state index contributed by atoms with van der Waals surface area (Å²) >= 11 is 0. The van der Waals surface area contributed by atoms with E-state index in [4.69, 9.17) is 0 Å². The molecular formula is C22H32N2O. The Labute approximate surface area is 152 Å². The third-order valence-corrected chi connectivity index (χ3v) is 5.58. The van der Waals surface area contributed by atoms with Gasteiger partial charge < -0.3 is 4.90 Å². The number of aryl methyl sites for hydroxylation is 1. The molecule has 0 fully saturated rings. The molecule has 0 saturated heterocycles. The summed E-state index contributed by atoms with van der Waals surface area (Å²) in [6.45, 7) is 5.33.